The molecule has 0 aliphatic carbocycles. The highest BCUT2D eigenvalue weighted by atomic mass is 36.0. The van der Waals surface area contributed by atoms with Gasteiger partial charge in [0.1, 0.15) is 0 Å². The molecule has 0 saturated heterocycles. The zero-order chi connectivity index (χ0) is 9.00. The predicted molar refractivity (Wildman–Crippen MR) is 46.7 cm³/mol. The Labute approximate surface area is 81.3 Å². The molecule has 0 bridgehead atoms. The van der Waals surface area contributed by atoms with Crippen molar-refractivity contribution in [2.24, 2.45) is 0 Å². The molecule has 64 valence electrons. The number of hydrogen-bond acceptors (Lipinski definition) is 2. The molecule has 0 aliphatic heterocycles. The van der Waals surface area contributed by atoms with E-state index < -0.39 is 11.3 Å². The van der Waals surface area contributed by atoms with E-state index in [4.69, 9.17) is 4.89 Å². The lowest BCUT2D eigenvalue weighted by Gasteiger charge is -1.77. The first-order chi connectivity index (χ1) is 4.00. The van der Waals surface area contributed by atoms with Crippen molar-refractivity contribution in [2.45, 2.75) is 0 Å². The van der Waals surface area contributed by atoms with E-state index in [-0.39, 0.29) is 0 Å². The summed E-state index contributed by atoms with van der Waals surface area (Å²) in [7, 11) is 0. The molecular formula is HCl5O3P2. The van der Waals surface area contributed by atoms with Gasteiger partial charge in [0.05, 0.1) is 0 Å². The minimum Gasteiger partial charge on any atom is -0.322 e. The first-order valence-electron chi connectivity index (χ1n) is 1.41. The third kappa shape index (κ3) is 222. The quantitative estimate of drug-likeness (QED) is 0.673. The number of halogens is 5. The van der Waals surface area contributed by atoms with Crippen molar-refractivity contribution in [3.8, 4) is 0 Å². The molecule has 0 aromatic heterocycles. The van der Waals surface area contributed by atoms with Crippen LogP contribution in [0.1, 0.15) is 0 Å². The highest BCUT2D eigenvalue weighted by molar-refractivity contribution is 8.24. The highest BCUT2D eigenvalue weighted by Crippen LogP contribution is 2.61. The van der Waals surface area contributed by atoms with Crippen LogP contribution in [0.4, 0.5) is 0 Å². The maximum atomic E-state index is 9.51. The van der Waals surface area contributed by atoms with E-state index in [9.17, 15) is 9.13 Å². The molecule has 3 nitrogen and oxygen atoms in total. The third-order valence-corrected chi connectivity index (χ3v) is 0. The van der Waals surface area contributed by atoms with Crippen molar-refractivity contribution >= 4 is 67.5 Å². The third-order valence-electron chi connectivity index (χ3n) is 0. The Morgan fingerprint density at radius 1 is 0.900 bits per heavy atom. The molecule has 0 aromatic rings. The van der Waals surface area contributed by atoms with Crippen LogP contribution in [0.3, 0.4) is 0 Å². The van der Waals surface area contributed by atoms with E-state index in [1.54, 1.807) is 0 Å². The lowest BCUT2D eigenvalue weighted by atomic mass is 15.9. The summed E-state index contributed by atoms with van der Waals surface area (Å²) in [4.78, 5) is 7.61. The normalized spacial score (nSPS) is 11.8. The average molecular weight is 288 g/mol. The summed E-state index contributed by atoms with van der Waals surface area (Å²) in [6.07, 6.45) is -3.69. The Morgan fingerprint density at radius 2 is 0.900 bits per heavy atom. The molecular weight excluding hydrogens is 287 g/mol. The van der Waals surface area contributed by atoms with Crippen LogP contribution in [-0.2, 0) is 9.13 Å². The van der Waals surface area contributed by atoms with Crippen LogP contribution in [0.25, 0.3) is 0 Å². The molecule has 0 rings (SSSR count). The van der Waals surface area contributed by atoms with Crippen molar-refractivity contribution in [2.75, 3.05) is 0 Å². The predicted octanol–water partition coefficient (Wildman–Crippen LogP) is 4.38. The van der Waals surface area contributed by atoms with Crippen molar-refractivity contribution < 1.29 is 14.0 Å². The summed E-state index contributed by atoms with van der Waals surface area (Å²) in [5.41, 5.74) is 0. The fraction of sp³-hybridized carbons (Fsp3) is 0. The first-order valence-corrected chi connectivity index (χ1v) is 9.30. The maximum Gasteiger partial charge on any atom is 0.377 e. The van der Waals surface area contributed by atoms with Crippen LogP contribution in [-0.4, -0.2) is 4.89 Å². The van der Waals surface area contributed by atoms with E-state index in [1.807, 2.05) is 0 Å². The molecule has 10 heteroatoms. The summed E-state index contributed by atoms with van der Waals surface area (Å²) >= 11 is 22.7. The Balaban J connectivity index is 0. The summed E-state index contributed by atoms with van der Waals surface area (Å²) in [5.74, 6) is 0. The van der Waals surface area contributed by atoms with Gasteiger partial charge in [0.25, 0.3) is 0 Å². The summed E-state index contributed by atoms with van der Waals surface area (Å²) in [6.45, 7) is 0. The minimum atomic E-state index is -3.69. The van der Waals surface area contributed by atoms with E-state index >= 15 is 0 Å². The molecule has 0 atom stereocenters. The molecule has 0 fully saturated rings. The van der Waals surface area contributed by atoms with Crippen LogP contribution in [0, 0.1) is 0 Å². The summed E-state index contributed by atoms with van der Waals surface area (Å²) in [5, 5.41) is -3.22. The van der Waals surface area contributed by atoms with E-state index in [1.165, 1.54) is 0 Å². The van der Waals surface area contributed by atoms with Gasteiger partial charge in [0.15, 0.2) is 0 Å². The van der Waals surface area contributed by atoms with Crippen LogP contribution in [0.2, 0.25) is 0 Å². The van der Waals surface area contributed by atoms with Crippen LogP contribution >= 0.6 is 67.5 Å². The molecule has 0 heterocycles. The van der Waals surface area contributed by atoms with Crippen LogP contribution in [0.5, 0.6) is 0 Å². The minimum absolute atomic E-state index is 3.22. The SMILES string of the molecule is O=P(Cl)(Cl)Cl.O=P(O)(Cl)Cl. The number of hydrogen-bond donors (Lipinski definition) is 1. The van der Waals surface area contributed by atoms with Gasteiger partial charge in [-0.05, 0) is 56.2 Å². The molecule has 0 saturated carbocycles. The first kappa shape index (κ1) is 14.4. The zero-order valence-corrected chi connectivity index (χ0v) is 9.62. The topological polar surface area (TPSA) is 54.4 Å². The van der Waals surface area contributed by atoms with Crippen molar-refractivity contribution in [1.29, 1.82) is 0 Å². The standard InChI is InChI=1S/Cl3OP.Cl2HO2P/c2*1-5(2,3)4/h;(H,3,4). The molecule has 0 spiro atoms. The van der Waals surface area contributed by atoms with Crippen molar-refractivity contribution in [3.63, 3.8) is 0 Å². The Morgan fingerprint density at radius 3 is 0.900 bits per heavy atom. The van der Waals surface area contributed by atoms with Gasteiger partial charge < -0.3 is 4.89 Å². The van der Waals surface area contributed by atoms with Crippen LogP contribution < -0.4 is 0 Å². The van der Waals surface area contributed by atoms with Crippen LogP contribution in [0.15, 0.2) is 0 Å². The van der Waals surface area contributed by atoms with Gasteiger partial charge in [0, 0.05) is 0 Å². The van der Waals surface area contributed by atoms with Gasteiger partial charge >= 0.3 is 11.3 Å². The fourth-order valence-corrected chi connectivity index (χ4v) is 0. The molecule has 10 heavy (non-hydrogen) atoms. The van der Waals surface area contributed by atoms with Gasteiger partial charge in [-0.25, -0.2) is 0 Å². The Bertz CT molecular complexity index is 127. The number of rotatable bonds is 0. The largest absolute Gasteiger partial charge is 0.377 e. The highest BCUT2D eigenvalue weighted by Gasteiger charge is 2.03. The van der Waals surface area contributed by atoms with Gasteiger partial charge in [0.2, 0.25) is 0 Å². The molecule has 0 amide bonds. The monoisotopic (exact) mass is 286 g/mol. The van der Waals surface area contributed by atoms with E-state index in [2.05, 4.69) is 56.2 Å². The van der Waals surface area contributed by atoms with Gasteiger partial charge in [-0.1, -0.05) is 0 Å². The second kappa shape index (κ2) is 5.50. The lowest BCUT2D eigenvalue weighted by molar-refractivity contribution is 0.512. The lowest BCUT2D eigenvalue weighted by Crippen LogP contribution is -1.39. The second-order valence-corrected chi connectivity index (χ2v) is 11.6. The Hall–Kier alpha value is 1.87. The van der Waals surface area contributed by atoms with Crippen molar-refractivity contribution in [1.82, 2.24) is 0 Å². The average Bonchev–Trinajstić information content (AvgIpc) is 1.12. The van der Waals surface area contributed by atoms with Crippen molar-refractivity contribution in [3.05, 3.63) is 0 Å². The molecule has 1 N–H and O–H groups in total. The fourth-order valence-electron chi connectivity index (χ4n) is 0. The van der Waals surface area contributed by atoms with E-state index in [0.717, 1.165) is 0 Å². The molecule has 0 unspecified atom stereocenters. The van der Waals surface area contributed by atoms with Gasteiger partial charge in [-0.2, -0.15) is 0 Å². The van der Waals surface area contributed by atoms with E-state index in [0.29, 0.717) is 0 Å². The van der Waals surface area contributed by atoms with Gasteiger partial charge in [-0.3, -0.25) is 9.13 Å². The second-order valence-electron chi connectivity index (χ2n) is 0.833. The van der Waals surface area contributed by atoms with Gasteiger partial charge in [-0.15, -0.1) is 0 Å². The summed E-state index contributed by atoms with van der Waals surface area (Å²) < 4.78 is 18.8. The Kier molecular flexibility index (Phi) is 7.92. The smallest absolute Gasteiger partial charge is 0.322 e. The molecule has 0 radical (unpaired) electrons. The molecule has 0 aliphatic rings. The zero-order valence-electron chi connectivity index (χ0n) is 4.05. The maximum absolute atomic E-state index is 9.51. The molecule has 0 aromatic carbocycles. The summed E-state index contributed by atoms with van der Waals surface area (Å²) in [6, 6.07) is 0.